The summed E-state index contributed by atoms with van der Waals surface area (Å²) in [4.78, 5) is 14.3. The Bertz CT molecular complexity index is 1110. The van der Waals surface area contributed by atoms with E-state index in [4.69, 9.17) is 4.74 Å². The summed E-state index contributed by atoms with van der Waals surface area (Å²) in [5.74, 6) is 0.937. The Balaban J connectivity index is 1.81. The highest BCUT2D eigenvalue weighted by Gasteiger charge is 2.21. The van der Waals surface area contributed by atoms with Crippen LogP contribution in [-0.2, 0) is 0 Å². The molecule has 0 aliphatic heterocycles. The van der Waals surface area contributed by atoms with Crippen molar-refractivity contribution in [2.24, 2.45) is 0 Å². The summed E-state index contributed by atoms with van der Waals surface area (Å²) < 4.78 is 6.75. The first-order chi connectivity index (χ1) is 13.7. The third-order valence-electron chi connectivity index (χ3n) is 4.54. The van der Waals surface area contributed by atoms with Gasteiger partial charge in [-0.2, -0.15) is 0 Å². The molecule has 140 valence electrons. The fraction of sp³-hybridized carbons (Fsp3) is 0.125. The van der Waals surface area contributed by atoms with Crippen LogP contribution in [0.1, 0.15) is 29.3 Å². The molecule has 0 unspecified atom stereocenters. The molecule has 0 fully saturated rings. The van der Waals surface area contributed by atoms with Crippen LogP contribution in [-0.4, -0.2) is 17.5 Å². The summed E-state index contributed by atoms with van der Waals surface area (Å²) in [5, 5.41) is 10.5. The fourth-order valence-electron chi connectivity index (χ4n) is 3.15. The molecule has 0 amide bonds. The van der Waals surface area contributed by atoms with Gasteiger partial charge in [-0.1, -0.05) is 25.1 Å². The topological polar surface area (TPSA) is 46.5 Å². The molecule has 4 rings (SSSR count). The van der Waals surface area contributed by atoms with Gasteiger partial charge in [0, 0.05) is 26.1 Å². The van der Waals surface area contributed by atoms with Gasteiger partial charge in [-0.25, -0.2) is 0 Å². The molecule has 0 spiro atoms. The minimum absolute atomic E-state index is 0.0428. The van der Waals surface area contributed by atoms with Crippen LogP contribution in [0.3, 0.4) is 0 Å². The van der Waals surface area contributed by atoms with E-state index in [0.29, 0.717) is 17.7 Å². The van der Waals surface area contributed by atoms with E-state index in [9.17, 15) is 9.90 Å². The van der Waals surface area contributed by atoms with E-state index >= 15 is 0 Å². The number of benzene rings is 3. The van der Waals surface area contributed by atoms with Gasteiger partial charge in [0.15, 0.2) is 5.78 Å². The Morgan fingerprint density at radius 3 is 2.39 bits per heavy atom. The van der Waals surface area contributed by atoms with E-state index in [2.05, 4.69) is 6.92 Å². The van der Waals surface area contributed by atoms with Gasteiger partial charge >= 0.3 is 0 Å². The zero-order valence-corrected chi connectivity index (χ0v) is 16.3. The molecule has 0 atom stereocenters. The number of carbonyl (C=O) groups is 1. The van der Waals surface area contributed by atoms with Crippen LogP contribution in [0, 0.1) is 0 Å². The number of phenols is 1. The highest BCUT2D eigenvalue weighted by molar-refractivity contribution is 7.22. The quantitative estimate of drug-likeness (QED) is 0.395. The Labute approximate surface area is 167 Å². The molecular weight excluding hydrogens is 368 g/mol. The van der Waals surface area contributed by atoms with E-state index in [1.54, 1.807) is 35.6 Å². The molecule has 1 heterocycles. The summed E-state index contributed by atoms with van der Waals surface area (Å²) >= 11 is 1.62. The number of carbonyl (C=O) groups excluding carboxylic acids is 1. The number of fused-ring (bicyclic) bond motifs is 1. The number of thiophene rings is 1. The SMILES string of the molecule is CCCOc1ccc(-c2sc3ccccc3c2C(=O)c2ccc(O)cc2)cc1. The van der Waals surface area contributed by atoms with Crippen molar-refractivity contribution in [1.29, 1.82) is 0 Å². The van der Waals surface area contributed by atoms with Crippen molar-refractivity contribution in [3.05, 3.63) is 83.9 Å². The second-order valence-corrected chi connectivity index (χ2v) is 7.60. The number of rotatable bonds is 6. The molecule has 4 heteroatoms. The summed E-state index contributed by atoms with van der Waals surface area (Å²) in [6.45, 7) is 2.76. The van der Waals surface area contributed by atoms with Crippen LogP contribution in [0.2, 0.25) is 0 Å². The molecule has 0 bridgehead atoms. The third kappa shape index (κ3) is 3.51. The number of aromatic hydroxyl groups is 1. The van der Waals surface area contributed by atoms with Gasteiger partial charge in [-0.05, 0) is 66.6 Å². The zero-order chi connectivity index (χ0) is 19.5. The van der Waals surface area contributed by atoms with Crippen molar-refractivity contribution >= 4 is 27.2 Å². The minimum Gasteiger partial charge on any atom is -0.508 e. The number of hydrogen-bond donors (Lipinski definition) is 1. The van der Waals surface area contributed by atoms with E-state index in [1.807, 2.05) is 48.5 Å². The Kier molecular flexibility index (Phi) is 5.13. The largest absolute Gasteiger partial charge is 0.508 e. The lowest BCUT2D eigenvalue weighted by molar-refractivity contribution is 0.104. The van der Waals surface area contributed by atoms with Crippen molar-refractivity contribution in [2.75, 3.05) is 6.61 Å². The van der Waals surface area contributed by atoms with Gasteiger partial charge in [0.1, 0.15) is 11.5 Å². The monoisotopic (exact) mass is 388 g/mol. The summed E-state index contributed by atoms with van der Waals surface area (Å²) in [6.07, 6.45) is 0.962. The molecule has 0 radical (unpaired) electrons. The maximum atomic E-state index is 13.3. The fourth-order valence-corrected chi connectivity index (χ4v) is 4.36. The molecular formula is C24H20O3S. The first kappa shape index (κ1) is 18.3. The Morgan fingerprint density at radius 2 is 1.68 bits per heavy atom. The molecule has 3 nitrogen and oxygen atoms in total. The smallest absolute Gasteiger partial charge is 0.195 e. The van der Waals surface area contributed by atoms with E-state index in [-0.39, 0.29) is 11.5 Å². The van der Waals surface area contributed by atoms with Gasteiger partial charge in [0.2, 0.25) is 0 Å². The molecule has 0 aliphatic carbocycles. The highest BCUT2D eigenvalue weighted by Crippen LogP contribution is 2.40. The molecule has 28 heavy (non-hydrogen) atoms. The lowest BCUT2D eigenvalue weighted by Gasteiger charge is -2.07. The van der Waals surface area contributed by atoms with Crippen LogP contribution in [0.15, 0.2) is 72.8 Å². The van der Waals surface area contributed by atoms with Gasteiger partial charge in [-0.15, -0.1) is 11.3 Å². The normalized spacial score (nSPS) is 10.9. The zero-order valence-electron chi connectivity index (χ0n) is 15.5. The lowest BCUT2D eigenvalue weighted by atomic mass is 9.97. The van der Waals surface area contributed by atoms with Gasteiger partial charge in [0.25, 0.3) is 0 Å². The van der Waals surface area contributed by atoms with Crippen LogP contribution in [0.4, 0.5) is 0 Å². The Morgan fingerprint density at radius 1 is 0.964 bits per heavy atom. The first-order valence-electron chi connectivity index (χ1n) is 9.26. The summed E-state index contributed by atoms with van der Waals surface area (Å²) in [5.41, 5.74) is 2.26. The van der Waals surface area contributed by atoms with Crippen molar-refractivity contribution in [3.8, 4) is 21.9 Å². The van der Waals surface area contributed by atoms with E-state index < -0.39 is 0 Å². The average Bonchev–Trinajstić information content (AvgIpc) is 3.12. The molecule has 0 saturated heterocycles. The first-order valence-corrected chi connectivity index (χ1v) is 10.1. The average molecular weight is 388 g/mol. The Hall–Kier alpha value is -3.11. The minimum atomic E-state index is -0.0428. The van der Waals surface area contributed by atoms with E-state index in [0.717, 1.165) is 32.7 Å². The van der Waals surface area contributed by atoms with Crippen LogP contribution >= 0.6 is 11.3 Å². The molecule has 0 aliphatic rings. The van der Waals surface area contributed by atoms with E-state index in [1.165, 1.54) is 0 Å². The van der Waals surface area contributed by atoms with Crippen LogP contribution < -0.4 is 4.74 Å². The second kappa shape index (κ2) is 7.87. The molecule has 0 saturated carbocycles. The summed E-state index contributed by atoms with van der Waals surface area (Å²) in [7, 11) is 0. The number of ketones is 1. The van der Waals surface area contributed by atoms with Crippen LogP contribution in [0.25, 0.3) is 20.5 Å². The lowest BCUT2D eigenvalue weighted by Crippen LogP contribution is -2.02. The predicted molar refractivity (Wildman–Crippen MR) is 115 cm³/mol. The molecule has 4 aromatic rings. The summed E-state index contributed by atoms with van der Waals surface area (Å²) in [6, 6.07) is 22.3. The van der Waals surface area contributed by atoms with Crippen molar-refractivity contribution in [1.82, 2.24) is 0 Å². The number of ether oxygens (including phenoxy) is 1. The highest BCUT2D eigenvalue weighted by atomic mass is 32.1. The number of phenolic OH excluding ortho intramolecular Hbond substituents is 1. The van der Waals surface area contributed by atoms with Crippen molar-refractivity contribution in [3.63, 3.8) is 0 Å². The van der Waals surface area contributed by atoms with Crippen LogP contribution in [0.5, 0.6) is 11.5 Å². The number of hydrogen-bond acceptors (Lipinski definition) is 4. The maximum absolute atomic E-state index is 13.3. The predicted octanol–water partition coefficient (Wildman–Crippen LogP) is 6.29. The van der Waals surface area contributed by atoms with Gasteiger partial charge < -0.3 is 9.84 Å². The third-order valence-corrected chi connectivity index (χ3v) is 5.76. The van der Waals surface area contributed by atoms with Gasteiger partial charge in [0.05, 0.1) is 6.61 Å². The van der Waals surface area contributed by atoms with Gasteiger partial charge in [-0.3, -0.25) is 4.79 Å². The molecule has 3 aromatic carbocycles. The second-order valence-electron chi connectivity index (χ2n) is 6.55. The molecule has 1 N–H and O–H groups in total. The maximum Gasteiger partial charge on any atom is 0.195 e. The standard InChI is InChI=1S/C24H20O3S/c1-2-15-27-19-13-9-17(10-14-19)24-22(20-5-3-4-6-21(20)28-24)23(26)16-7-11-18(25)12-8-16/h3-14,25H,2,15H2,1H3. The molecule has 1 aromatic heterocycles. The van der Waals surface area contributed by atoms with Crippen molar-refractivity contribution < 1.29 is 14.6 Å². The van der Waals surface area contributed by atoms with Crippen molar-refractivity contribution in [2.45, 2.75) is 13.3 Å².